The fraction of sp³-hybridized carbons (Fsp3) is 0.0476. The molecule has 4 aromatic rings. The lowest BCUT2D eigenvalue weighted by molar-refractivity contribution is 0.103. The number of amides is 3. The van der Waals surface area contributed by atoms with Crippen LogP contribution in [0.2, 0.25) is 5.02 Å². The van der Waals surface area contributed by atoms with Crippen LogP contribution in [0.3, 0.4) is 0 Å². The van der Waals surface area contributed by atoms with Gasteiger partial charge in [-0.05, 0) is 54.6 Å². The molecule has 152 valence electrons. The number of carbonyl (C=O) groups excluding carboxylic acids is 2. The zero-order valence-electron chi connectivity index (χ0n) is 15.4. The number of nitrogens with one attached hydrogen (secondary N) is 3. The van der Waals surface area contributed by atoms with Gasteiger partial charge in [0.25, 0.3) is 5.91 Å². The minimum Gasteiger partial charge on any atom is -0.467 e. The Kier molecular flexibility index (Phi) is 5.69. The number of rotatable bonds is 5. The summed E-state index contributed by atoms with van der Waals surface area (Å²) in [7, 11) is 0. The van der Waals surface area contributed by atoms with E-state index >= 15 is 0 Å². The van der Waals surface area contributed by atoms with Gasteiger partial charge in [-0.2, -0.15) is 0 Å². The van der Waals surface area contributed by atoms with Gasteiger partial charge in [0, 0.05) is 21.5 Å². The Morgan fingerprint density at radius 2 is 1.77 bits per heavy atom. The molecule has 0 aliphatic carbocycles. The topological polar surface area (TPSA) is 83.4 Å². The number of hydrogen-bond acceptors (Lipinski definition) is 4. The second-order valence-electron chi connectivity index (χ2n) is 6.30. The zero-order valence-corrected chi connectivity index (χ0v) is 16.9. The molecule has 0 fully saturated rings. The van der Waals surface area contributed by atoms with E-state index in [4.69, 9.17) is 16.0 Å². The summed E-state index contributed by atoms with van der Waals surface area (Å²) in [5.41, 5.74) is 1.08. The van der Waals surface area contributed by atoms with E-state index in [-0.39, 0.29) is 18.4 Å². The van der Waals surface area contributed by atoms with E-state index in [1.165, 1.54) is 18.4 Å². The summed E-state index contributed by atoms with van der Waals surface area (Å²) >= 11 is 7.41. The van der Waals surface area contributed by atoms with Gasteiger partial charge in [0.2, 0.25) is 0 Å². The lowest BCUT2D eigenvalue weighted by Gasteiger charge is -2.08. The first kappa shape index (κ1) is 19.9. The number of carbonyl (C=O) groups is 2. The lowest BCUT2D eigenvalue weighted by Crippen LogP contribution is -2.27. The fourth-order valence-electron chi connectivity index (χ4n) is 2.77. The van der Waals surface area contributed by atoms with Gasteiger partial charge in [0.05, 0.1) is 17.8 Å². The molecule has 9 heteroatoms. The van der Waals surface area contributed by atoms with Gasteiger partial charge >= 0.3 is 6.03 Å². The van der Waals surface area contributed by atoms with E-state index < -0.39 is 5.91 Å². The van der Waals surface area contributed by atoms with E-state index in [1.807, 2.05) is 0 Å². The number of fused-ring (bicyclic) bond motifs is 1. The Balaban J connectivity index is 1.38. The first-order valence-corrected chi connectivity index (χ1v) is 10.1. The minimum atomic E-state index is -0.390. The number of thiophene rings is 1. The minimum absolute atomic E-state index is 0.271. The number of furan rings is 1. The molecule has 0 saturated heterocycles. The highest BCUT2D eigenvalue weighted by atomic mass is 35.5. The van der Waals surface area contributed by atoms with Crippen LogP contribution in [-0.2, 0) is 6.54 Å². The number of anilines is 2. The van der Waals surface area contributed by atoms with Gasteiger partial charge in [0.15, 0.2) is 0 Å². The van der Waals surface area contributed by atoms with Gasteiger partial charge in [-0.25, -0.2) is 9.18 Å². The molecule has 2 aromatic carbocycles. The highest BCUT2D eigenvalue weighted by Gasteiger charge is 2.17. The van der Waals surface area contributed by atoms with Crippen LogP contribution >= 0.6 is 22.9 Å². The second-order valence-corrected chi connectivity index (χ2v) is 7.73. The summed E-state index contributed by atoms with van der Waals surface area (Å²) in [6, 6.07) is 13.9. The summed E-state index contributed by atoms with van der Waals surface area (Å²) in [4.78, 5) is 24.8. The third kappa shape index (κ3) is 4.45. The van der Waals surface area contributed by atoms with Gasteiger partial charge in [-0.1, -0.05) is 11.6 Å². The van der Waals surface area contributed by atoms with Crippen molar-refractivity contribution in [2.75, 3.05) is 10.6 Å². The van der Waals surface area contributed by atoms with Crippen molar-refractivity contribution in [3.05, 3.63) is 82.3 Å². The Morgan fingerprint density at radius 1 is 1.03 bits per heavy atom. The van der Waals surface area contributed by atoms with Crippen LogP contribution in [0.4, 0.5) is 20.6 Å². The number of halogens is 2. The van der Waals surface area contributed by atoms with E-state index in [2.05, 4.69) is 16.0 Å². The van der Waals surface area contributed by atoms with Crippen LogP contribution in [0.5, 0.6) is 0 Å². The molecular formula is C21H15ClFN3O3S. The third-order valence-electron chi connectivity index (χ3n) is 4.20. The standard InChI is InChI=1S/C21H15ClFN3O3S/c22-18-16-8-3-12(23)10-17(16)30-19(18)20(27)25-13-4-6-14(7-5-13)26-21(28)24-11-15-2-1-9-29-15/h1-10H,11H2,(H,25,27)(H2,24,26,28). The van der Waals surface area contributed by atoms with Crippen molar-refractivity contribution in [3.8, 4) is 0 Å². The predicted molar refractivity (Wildman–Crippen MR) is 116 cm³/mol. The van der Waals surface area contributed by atoms with Gasteiger partial charge in [-0.3, -0.25) is 4.79 Å². The highest BCUT2D eigenvalue weighted by molar-refractivity contribution is 7.21. The molecule has 0 radical (unpaired) electrons. The molecule has 30 heavy (non-hydrogen) atoms. The molecule has 0 spiro atoms. The summed E-state index contributed by atoms with van der Waals surface area (Å²) in [5.74, 6) is -0.131. The first-order valence-electron chi connectivity index (χ1n) is 8.86. The molecule has 6 nitrogen and oxygen atoms in total. The van der Waals surface area contributed by atoms with E-state index in [0.29, 0.717) is 37.1 Å². The molecule has 0 aliphatic heterocycles. The van der Waals surface area contributed by atoms with Gasteiger partial charge in [-0.15, -0.1) is 11.3 Å². The van der Waals surface area contributed by atoms with Crippen molar-refractivity contribution in [1.82, 2.24) is 5.32 Å². The number of urea groups is 1. The average molecular weight is 444 g/mol. The maximum Gasteiger partial charge on any atom is 0.319 e. The molecule has 3 N–H and O–H groups in total. The van der Waals surface area contributed by atoms with Gasteiger partial charge in [0.1, 0.15) is 16.5 Å². The molecule has 4 rings (SSSR count). The van der Waals surface area contributed by atoms with Crippen LogP contribution in [0.1, 0.15) is 15.4 Å². The molecule has 2 aromatic heterocycles. The third-order valence-corrected chi connectivity index (χ3v) is 5.86. The number of hydrogen-bond donors (Lipinski definition) is 3. The maximum atomic E-state index is 13.4. The van der Waals surface area contributed by atoms with Crippen molar-refractivity contribution in [3.63, 3.8) is 0 Å². The molecule has 2 heterocycles. The second kappa shape index (κ2) is 8.56. The molecule has 0 bridgehead atoms. The van der Waals surface area contributed by atoms with E-state index in [9.17, 15) is 14.0 Å². The van der Waals surface area contributed by atoms with Crippen molar-refractivity contribution < 1.29 is 18.4 Å². The summed E-state index contributed by atoms with van der Waals surface area (Å²) in [6.07, 6.45) is 1.53. The summed E-state index contributed by atoms with van der Waals surface area (Å²) < 4.78 is 19.1. The van der Waals surface area contributed by atoms with Crippen molar-refractivity contribution in [1.29, 1.82) is 0 Å². The van der Waals surface area contributed by atoms with Crippen LogP contribution in [0.15, 0.2) is 65.3 Å². The smallest absolute Gasteiger partial charge is 0.319 e. The Hall–Kier alpha value is -3.36. The SMILES string of the molecule is O=C(NCc1ccco1)Nc1ccc(NC(=O)c2sc3cc(F)ccc3c2Cl)cc1. The Bertz CT molecular complexity index is 1210. The Labute approximate surface area is 179 Å². The molecule has 0 unspecified atom stereocenters. The van der Waals surface area contributed by atoms with Crippen molar-refractivity contribution in [2.45, 2.75) is 6.54 Å². The molecule has 0 atom stereocenters. The summed E-state index contributed by atoms with van der Waals surface area (Å²) in [6.45, 7) is 0.271. The van der Waals surface area contributed by atoms with Crippen LogP contribution in [0.25, 0.3) is 10.1 Å². The summed E-state index contributed by atoms with van der Waals surface area (Å²) in [5, 5.41) is 9.04. The molecule has 0 aliphatic rings. The van der Waals surface area contributed by atoms with Crippen molar-refractivity contribution in [2.24, 2.45) is 0 Å². The lowest BCUT2D eigenvalue weighted by atomic mass is 10.2. The molecular weight excluding hydrogens is 429 g/mol. The maximum absolute atomic E-state index is 13.4. The Morgan fingerprint density at radius 3 is 2.47 bits per heavy atom. The van der Waals surface area contributed by atoms with Crippen molar-refractivity contribution >= 4 is 56.3 Å². The average Bonchev–Trinajstić information content (AvgIpc) is 3.36. The van der Waals surface area contributed by atoms with Crippen LogP contribution in [-0.4, -0.2) is 11.9 Å². The van der Waals surface area contributed by atoms with E-state index in [0.717, 1.165) is 11.3 Å². The monoisotopic (exact) mass is 443 g/mol. The van der Waals surface area contributed by atoms with Gasteiger partial charge < -0.3 is 20.4 Å². The van der Waals surface area contributed by atoms with E-state index in [1.54, 1.807) is 42.5 Å². The van der Waals surface area contributed by atoms with Crippen LogP contribution < -0.4 is 16.0 Å². The van der Waals surface area contributed by atoms with Crippen LogP contribution in [0, 0.1) is 5.82 Å². The quantitative estimate of drug-likeness (QED) is 0.361. The normalized spacial score (nSPS) is 10.7. The molecule has 0 saturated carbocycles. The highest BCUT2D eigenvalue weighted by Crippen LogP contribution is 2.36. The predicted octanol–water partition coefficient (Wildman–Crippen LogP) is 5.86. The molecule has 3 amide bonds. The first-order chi connectivity index (χ1) is 14.5. The fourth-order valence-corrected chi connectivity index (χ4v) is 4.20. The number of benzene rings is 2. The largest absolute Gasteiger partial charge is 0.467 e. The zero-order chi connectivity index (χ0) is 21.1.